The van der Waals surface area contributed by atoms with Crippen molar-refractivity contribution >= 4 is 28.6 Å². The van der Waals surface area contributed by atoms with Gasteiger partial charge in [-0.3, -0.25) is 4.98 Å². The lowest BCUT2D eigenvalue weighted by atomic mass is 10.2. The summed E-state index contributed by atoms with van der Waals surface area (Å²) in [5, 5.41) is 14.5. The first-order valence-corrected chi connectivity index (χ1v) is 6.31. The first-order valence-electron chi connectivity index (χ1n) is 5.93. The second-order valence-electron chi connectivity index (χ2n) is 4.17. The topological polar surface area (TPSA) is 54.5 Å². The molecule has 0 saturated carbocycles. The summed E-state index contributed by atoms with van der Waals surface area (Å²) in [6.07, 6.45) is 8.42. The van der Waals surface area contributed by atoms with Crippen LogP contribution >= 0.6 is 11.6 Å². The van der Waals surface area contributed by atoms with Crippen molar-refractivity contribution < 1.29 is 0 Å². The van der Waals surface area contributed by atoms with E-state index in [-0.39, 0.29) is 0 Å². The molecule has 20 heavy (non-hydrogen) atoms. The van der Waals surface area contributed by atoms with Crippen molar-refractivity contribution in [3.05, 3.63) is 59.5 Å². The Morgan fingerprint density at radius 2 is 2.20 bits per heavy atom. The van der Waals surface area contributed by atoms with Gasteiger partial charge in [0.05, 0.1) is 23.5 Å². The van der Waals surface area contributed by atoms with Crippen molar-refractivity contribution in [2.24, 2.45) is 0 Å². The molecule has 0 unspecified atom stereocenters. The molecule has 0 spiro atoms. The molecule has 0 radical (unpaired) electrons. The minimum Gasteiger partial charge on any atom is -0.256 e. The Bertz CT molecular complexity index is 842. The Morgan fingerprint density at radius 1 is 1.30 bits per heavy atom. The highest BCUT2D eigenvalue weighted by atomic mass is 35.5. The van der Waals surface area contributed by atoms with Gasteiger partial charge in [-0.15, -0.1) is 0 Å². The van der Waals surface area contributed by atoms with Gasteiger partial charge in [0.2, 0.25) is 0 Å². The Balaban J connectivity index is 2.12. The highest BCUT2D eigenvalue weighted by Crippen LogP contribution is 2.23. The molecule has 3 aromatic rings. The number of nitrogens with zero attached hydrogens (tertiary/aromatic N) is 4. The van der Waals surface area contributed by atoms with Crippen molar-refractivity contribution in [3.63, 3.8) is 0 Å². The number of fused-ring (bicyclic) bond motifs is 1. The van der Waals surface area contributed by atoms with Crippen LogP contribution in [0, 0.1) is 11.3 Å². The van der Waals surface area contributed by atoms with Crippen molar-refractivity contribution in [2.75, 3.05) is 0 Å². The summed E-state index contributed by atoms with van der Waals surface area (Å²) >= 11 is 5.98. The molecule has 4 nitrogen and oxygen atoms in total. The molecule has 2 heterocycles. The monoisotopic (exact) mass is 280 g/mol. The lowest BCUT2D eigenvalue weighted by Crippen LogP contribution is -1.96. The molecular formula is C15H9ClN4. The number of halogens is 1. The van der Waals surface area contributed by atoms with Gasteiger partial charge >= 0.3 is 0 Å². The van der Waals surface area contributed by atoms with Crippen molar-refractivity contribution in [1.29, 1.82) is 5.26 Å². The third-order valence-electron chi connectivity index (χ3n) is 2.88. The summed E-state index contributed by atoms with van der Waals surface area (Å²) in [5.74, 6) is 0. The fraction of sp³-hybridized carbons (Fsp3) is 0. The van der Waals surface area contributed by atoms with Gasteiger partial charge in [0.15, 0.2) is 0 Å². The van der Waals surface area contributed by atoms with Crippen molar-refractivity contribution in [2.45, 2.75) is 0 Å². The van der Waals surface area contributed by atoms with Gasteiger partial charge in [-0.2, -0.15) is 10.4 Å². The molecule has 0 aliphatic carbocycles. The molecule has 0 bridgehead atoms. The van der Waals surface area contributed by atoms with Gasteiger partial charge in [0, 0.05) is 34.4 Å². The molecule has 3 rings (SSSR count). The van der Waals surface area contributed by atoms with Crippen LogP contribution in [-0.4, -0.2) is 14.8 Å². The summed E-state index contributed by atoms with van der Waals surface area (Å²) in [6.45, 7) is 0. The maximum Gasteiger partial charge on any atom is 0.0912 e. The van der Waals surface area contributed by atoms with Crippen molar-refractivity contribution in [3.8, 4) is 11.8 Å². The molecule has 2 aromatic heterocycles. The van der Waals surface area contributed by atoms with Gasteiger partial charge in [0.25, 0.3) is 0 Å². The van der Waals surface area contributed by atoms with E-state index < -0.39 is 0 Å². The Hall–Kier alpha value is -2.64. The summed E-state index contributed by atoms with van der Waals surface area (Å²) in [7, 11) is 0. The van der Waals surface area contributed by atoms with Gasteiger partial charge in [0.1, 0.15) is 0 Å². The molecule has 1 aromatic carbocycles. The van der Waals surface area contributed by atoms with Gasteiger partial charge in [-0.05, 0) is 30.3 Å². The lowest BCUT2D eigenvalue weighted by Gasteiger charge is -2.05. The van der Waals surface area contributed by atoms with E-state index in [4.69, 9.17) is 16.9 Å². The van der Waals surface area contributed by atoms with E-state index in [2.05, 4.69) is 10.1 Å². The number of nitriles is 1. The van der Waals surface area contributed by atoms with E-state index in [1.165, 1.54) is 6.08 Å². The molecule has 0 atom stereocenters. The lowest BCUT2D eigenvalue weighted by molar-refractivity contribution is 0.886. The second-order valence-corrected chi connectivity index (χ2v) is 4.61. The fourth-order valence-corrected chi connectivity index (χ4v) is 2.16. The number of rotatable bonds is 2. The largest absolute Gasteiger partial charge is 0.256 e. The van der Waals surface area contributed by atoms with Gasteiger partial charge < -0.3 is 0 Å². The van der Waals surface area contributed by atoms with E-state index in [9.17, 15) is 0 Å². The Morgan fingerprint density at radius 3 is 3.05 bits per heavy atom. The number of aromatic nitrogens is 3. The van der Waals surface area contributed by atoms with Crippen molar-refractivity contribution in [1.82, 2.24) is 14.8 Å². The van der Waals surface area contributed by atoms with Crippen LogP contribution in [0.15, 0.2) is 48.9 Å². The normalized spacial score (nSPS) is 11.0. The van der Waals surface area contributed by atoms with Gasteiger partial charge in [-0.25, -0.2) is 4.68 Å². The average Bonchev–Trinajstić information content (AvgIpc) is 2.92. The van der Waals surface area contributed by atoms with Crippen LogP contribution in [0.5, 0.6) is 0 Å². The highest BCUT2D eigenvalue weighted by molar-refractivity contribution is 6.31. The van der Waals surface area contributed by atoms with E-state index in [0.29, 0.717) is 5.02 Å². The zero-order valence-electron chi connectivity index (χ0n) is 10.4. The molecule has 0 saturated heterocycles. The zero-order chi connectivity index (χ0) is 13.9. The van der Waals surface area contributed by atoms with E-state index >= 15 is 0 Å². The van der Waals surface area contributed by atoms with Crippen LogP contribution in [0.25, 0.3) is 22.7 Å². The Kier molecular flexibility index (Phi) is 3.20. The minimum atomic E-state index is 0.653. The highest BCUT2D eigenvalue weighted by Gasteiger charge is 2.05. The number of benzene rings is 1. The standard InChI is InChI=1S/C15H9ClN4/c16-12-3-4-13-14(8-12)18-7-5-15(13)20-10-11(9-19-20)2-1-6-17/h1-5,7-10H/b2-1+. The summed E-state index contributed by atoms with van der Waals surface area (Å²) in [4.78, 5) is 4.30. The van der Waals surface area contributed by atoms with E-state index in [0.717, 1.165) is 22.2 Å². The number of hydrogen-bond donors (Lipinski definition) is 0. The first-order chi connectivity index (χ1) is 9.78. The molecule has 0 fully saturated rings. The Labute approximate surface area is 120 Å². The molecule has 0 aliphatic rings. The van der Waals surface area contributed by atoms with Crippen LogP contribution < -0.4 is 0 Å². The molecular weight excluding hydrogens is 272 g/mol. The molecule has 0 aliphatic heterocycles. The smallest absolute Gasteiger partial charge is 0.0912 e. The summed E-state index contributed by atoms with van der Waals surface area (Å²) in [5.41, 5.74) is 2.60. The van der Waals surface area contributed by atoms with Crippen LogP contribution in [0.1, 0.15) is 5.56 Å². The third kappa shape index (κ3) is 2.27. The van der Waals surface area contributed by atoms with E-state index in [1.54, 1.807) is 23.2 Å². The number of allylic oxidation sites excluding steroid dienone is 1. The van der Waals surface area contributed by atoms with Crippen LogP contribution in [-0.2, 0) is 0 Å². The SMILES string of the molecule is N#C/C=C/c1cnn(-c2ccnc3cc(Cl)ccc23)c1. The minimum absolute atomic E-state index is 0.653. The third-order valence-corrected chi connectivity index (χ3v) is 3.12. The predicted molar refractivity (Wildman–Crippen MR) is 78.5 cm³/mol. The summed E-state index contributed by atoms with van der Waals surface area (Å²) in [6, 6.07) is 9.42. The maximum absolute atomic E-state index is 8.53. The van der Waals surface area contributed by atoms with Crippen LogP contribution in [0.2, 0.25) is 5.02 Å². The quantitative estimate of drug-likeness (QED) is 0.674. The first kappa shape index (κ1) is 12.4. The number of pyridine rings is 1. The van der Waals surface area contributed by atoms with Gasteiger partial charge in [-0.1, -0.05) is 11.6 Å². The van der Waals surface area contributed by atoms with Crippen LogP contribution in [0.4, 0.5) is 0 Å². The van der Waals surface area contributed by atoms with Crippen LogP contribution in [0.3, 0.4) is 0 Å². The predicted octanol–water partition coefficient (Wildman–Crippen LogP) is 3.61. The second kappa shape index (κ2) is 5.16. The molecule has 0 amide bonds. The van der Waals surface area contributed by atoms with E-state index in [1.807, 2.05) is 36.5 Å². The summed E-state index contributed by atoms with van der Waals surface area (Å²) < 4.78 is 1.76. The molecule has 5 heteroatoms. The molecule has 0 N–H and O–H groups in total. The maximum atomic E-state index is 8.53. The number of hydrogen-bond acceptors (Lipinski definition) is 3. The molecule has 96 valence electrons. The average molecular weight is 281 g/mol. The fourth-order valence-electron chi connectivity index (χ4n) is 1.99. The zero-order valence-corrected chi connectivity index (χ0v) is 11.1.